The molecule has 6 heteroatoms. The molecule has 0 fully saturated rings. The zero-order valence-electron chi connectivity index (χ0n) is 14.1. The summed E-state index contributed by atoms with van der Waals surface area (Å²) >= 11 is 11.9. The van der Waals surface area contributed by atoms with Gasteiger partial charge >= 0.3 is 0 Å². The molecular formula is C19H20Cl2N2O2. The first-order valence-corrected chi connectivity index (χ1v) is 8.71. The zero-order valence-corrected chi connectivity index (χ0v) is 15.6. The Morgan fingerprint density at radius 1 is 1.00 bits per heavy atom. The van der Waals surface area contributed by atoms with E-state index in [1.807, 2.05) is 32.0 Å². The molecule has 0 bridgehead atoms. The molecule has 1 unspecified atom stereocenters. The molecule has 0 aliphatic heterocycles. The van der Waals surface area contributed by atoms with Crippen LogP contribution in [0.3, 0.4) is 0 Å². The quantitative estimate of drug-likeness (QED) is 0.795. The lowest BCUT2D eigenvalue weighted by molar-refractivity contribution is -0.124. The normalized spacial score (nSPS) is 11.9. The number of carbonyl (C=O) groups excluding carboxylic acids is 2. The molecule has 4 nitrogen and oxygen atoms in total. The predicted molar refractivity (Wildman–Crippen MR) is 101 cm³/mol. The fourth-order valence-electron chi connectivity index (χ4n) is 2.29. The van der Waals surface area contributed by atoms with Crippen LogP contribution < -0.4 is 10.6 Å². The smallest absolute Gasteiger partial charge is 0.251 e. The minimum absolute atomic E-state index is 0.0671. The van der Waals surface area contributed by atoms with Crippen LogP contribution in [-0.4, -0.2) is 17.9 Å². The molecule has 0 saturated carbocycles. The van der Waals surface area contributed by atoms with Crippen molar-refractivity contribution in [1.29, 1.82) is 0 Å². The highest BCUT2D eigenvalue weighted by atomic mass is 35.5. The lowest BCUT2D eigenvalue weighted by atomic mass is 10.0. The summed E-state index contributed by atoms with van der Waals surface area (Å²) < 4.78 is 0. The lowest BCUT2D eigenvalue weighted by Gasteiger charge is -2.22. The van der Waals surface area contributed by atoms with Gasteiger partial charge in [0.05, 0.1) is 0 Å². The van der Waals surface area contributed by atoms with Gasteiger partial charge < -0.3 is 10.6 Å². The lowest BCUT2D eigenvalue weighted by Crippen LogP contribution is -2.49. The van der Waals surface area contributed by atoms with Gasteiger partial charge in [0.2, 0.25) is 5.91 Å². The van der Waals surface area contributed by atoms with E-state index in [9.17, 15) is 9.59 Å². The Hall–Kier alpha value is -2.04. The summed E-state index contributed by atoms with van der Waals surface area (Å²) in [4.78, 5) is 24.8. The van der Waals surface area contributed by atoms with Gasteiger partial charge in [-0.15, -0.1) is 0 Å². The van der Waals surface area contributed by atoms with Gasteiger partial charge in [0.15, 0.2) is 0 Å². The fourth-order valence-corrected chi connectivity index (χ4v) is 2.62. The highest BCUT2D eigenvalue weighted by Crippen LogP contribution is 2.15. The first-order chi connectivity index (χ1) is 11.9. The Labute approximate surface area is 157 Å². The number of carbonyl (C=O) groups is 2. The van der Waals surface area contributed by atoms with E-state index in [4.69, 9.17) is 23.2 Å². The Morgan fingerprint density at radius 3 is 2.24 bits per heavy atom. The molecule has 1 atom stereocenters. The maximum atomic E-state index is 12.5. The standard InChI is InChI=1S/C19H20Cl2N2O2/c1-12(2)17(23-18(24)13-7-9-15(20)10-8-13)19(25)22-11-14-5-3-4-6-16(14)21/h3-10,12,17H,11H2,1-2H3,(H,22,25)(H,23,24). The van der Waals surface area contributed by atoms with Crippen molar-refractivity contribution in [3.8, 4) is 0 Å². The average molecular weight is 379 g/mol. The van der Waals surface area contributed by atoms with E-state index >= 15 is 0 Å². The van der Waals surface area contributed by atoms with Gasteiger partial charge in [0, 0.05) is 22.2 Å². The molecule has 0 heterocycles. The molecule has 0 spiro atoms. The summed E-state index contributed by atoms with van der Waals surface area (Å²) in [6.45, 7) is 4.06. The van der Waals surface area contributed by atoms with Crippen molar-refractivity contribution in [3.05, 3.63) is 69.7 Å². The van der Waals surface area contributed by atoms with Crippen LogP contribution in [0.2, 0.25) is 10.0 Å². The van der Waals surface area contributed by atoms with E-state index in [2.05, 4.69) is 10.6 Å². The molecule has 0 aliphatic carbocycles. The third kappa shape index (κ3) is 5.48. The van der Waals surface area contributed by atoms with Gasteiger partial charge in [-0.2, -0.15) is 0 Å². The minimum atomic E-state index is -0.648. The first kappa shape index (κ1) is 19.3. The molecule has 2 amide bonds. The molecule has 132 valence electrons. The highest BCUT2D eigenvalue weighted by Gasteiger charge is 2.24. The summed E-state index contributed by atoms with van der Waals surface area (Å²) in [5.74, 6) is -0.636. The molecule has 25 heavy (non-hydrogen) atoms. The van der Waals surface area contributed by atoms with Crippen LogP contribution in [0.4, 0.5) is 0 Å². The molecule has 0 saturated heterocycles. The van der Waals surface area contributed by atoms with E-state index in [-0.39, 0.29) is 17.7 Å². The van der Waals surface area contributed by atoms with E-state index < -0.39 is 6.04 Å². The summed E-state index contributed by atoms with van der Waals surface area (Å²) in [5, 5.41) is 6.75. The number of hydrogen-bond donors (Lipinski definition) is 2. The molecule has 2 aromatic carbocycles. The van der Waals surface area contributed by atoms with Gasteiger partial charge in [-0.05, 0) is 41.8 Å². The monoisotopic (exact) mass is 378 g/mol. The number of hydrogen-bond acceptors (Lipinski definition) is 2. The van der Waals surface area contributed by atoms with Crippen LogP contribution >= 0.6 is 23.2 Å². The van der Waals surface area contributed by atoms with Gasteiger partial charge in [-0.3, -0.25) is 9.59 Å². The van der Waals surface area contributed by atoms with Crippen molar-refractivity contribution in [2.24, 2.45) is 5.92 Å². The van der Waals surface area contributed by atoms with Gasteiger partial charge in [0.1, 0.15) is 6.04 Å². The van der Waals surface area contributed by atoms with Gasteiger partial charge in [-0.1, -0.05) is 55.2 Å². The SMILES string of the molecule is CC(C)C(NC(=O)c1ccc(Cl)cc1)C(=O)NCc1ccccc1Cl. The zero-order chi connectivity index (χ0) is 18.4. The second-order valence-corrected chi connectivity index (χ2v) is 6.85. The minimum Gasteiger partial charge on any atom is -0.350 e. The third-order valence-electron chi connectivity index (χ3n) is 3.75. The largest absolute Gasteiger partial charge is 0.350 e. The molecule has 2 N–H and O–H groups in total. The van der Waals surface area contributed by atoms with Crippen molar-refractivity contribution in [1.82, 2.24) is 10.6 Å². The third-order valence-corrected chi connectivity index (χ3v) is 4.37. The Bertz CT molecular complexity index is 745. The van der Waals surface area contributed by atoms with Gasteiger partial charge in [-0.25, -0.2) is 0 Å². The van der Waals surface area contributed by atoms with Crippen molar-refractivity contribution >= 4 is 35.0 Å². The van der Waals surface area contributed by atoms with Crippen LogP contribution in [0.1, 0.15) is 29.8 Å². The maximum Gasteiger partial charge on any atom is 0.251 e. The van der Waals surface area contributed by atoms with Crippen LogP contribution in [0, 0.1) is 5.92 Å². The summed E-state index contributed by atoms with van der Waals surface area (Å²) in [6.07, 6.45) is 0. The van der Waals surface area contributed by atoms with E-state index in [1.54, 1.807) is 30.3 Å². The fraction of sp³-hybridized carbons (Fsp3) is 0.263. The number of benzene rings is 2. The van der Waals surface area contributed by atoms with Gasteiger partial charge in [0.25, 0.3) is 5.91 Å². The average Bonchev–Trinajstić information content (AvgIpc) is 2.58. The molecule has 0 aliphatic rings. The molecule has 2 rings (SSSR count). The highest BCUT2D eigenvalue weighted by molar-refractivity contribution is 6.31. The van der Waals surface area contributed by atoms with E-state index in [0.717, 1.165) is 5.56 Å². The van der Waals surface area contributed by atoms with Crippen LogP contribution in [0.15, 0.2) is 48.5 Å². The summed E-state index contributed by atoms with van der Waals surface area (Å²) in [5.41, 5.74) is 1.28. The van der Waals surface area contributed by atoms with Crippen molar-refractivity contribution in [2.45, 2.75) is 26.4 Å². The van der Waals surface area contributed by atoms with E-state index in [0.29, 0.717) is 22.2 Å². The molecule has 0 radical (unpaired) electrons. The van der Waals surface area contributed by atoms with Crippen LogP contribution in [-0.2, 0) is 11.3 Å². The summed E-state index contributed by atoms with van der Waals surface area (Å²) in [6, 6.07) is 13.2. The van der Waals surface area contributed by atoms with Crippen molar-refractivity contribution in [2.75, 3.05) is 0 Å². The number of amides is 2. The summed E-state index contributed by atoms with van der Waals surface area (Å²) in [7, 11) is 0. The van der Waals surface area contributed by atoms with Crippen molar-refractivity contribution in [3.63, 3.8) is 0 Å². The second-order valence-electron chi connectivity index (χ2n) is 6.01. The Kier molecular flexibility index (Phi) is 6.85. The number of rotatable bonds is 6. The topological polar surface area (TPSA) is 58.2 Å². The van der Waals surface area contributed by atoms with Crippen LogP contribution in [0.5, 0.6) is 0 Å². The maximum absolute atomic E-state index is 12.5. The predicted octanol–water partition coefficient (Wildman–Crippen LogP) is 4.06. The molecular weight excluding hydrogens is 359 g/mol. The second kappa shape index (κ2) is 8.88. The molecule has 0 aromatic heterocycles. The number of nitrogens with one attached hydrogen (secondary N) is 2. The van der Waals surface area contributed by atoms with Crippen molar-refractivity contribution < 1.29 is 9.59 Å². The molecule has 2 aromatic rings. The Balaban J connectivity index is 2.01. The Morgan fingerprint density at radius 2 is 1.64 bits per heavy atom. The van der Waals surface area contributed by atoms with Crippen LogP contribution in [0.25, 0.3) is 0 Å². The van der Waals surface area contributed by atoms with E-state index in [1.165, 1.54) is 0 Å². The number of halogens is 2. The first-order valence-electron chi connectivity index (χ1n) is 7.96.